The Kier molecular flexibility index (Phi) is 1.16. The molecule has 0 bridgehead atoms. The highest BCUT2D eigenvalue weighted by Crippen LogP contribution is 1.96. The fourth-order valence-corrected chi connectivity index (χ4v) is 0.637. The van der Waals surface area contributed by atoms with Crippen molar-refractivity contribution in [2.24, 2.45) is 5.10 Å². The first-order chi connectivity index (χ1) is 3.29. The number of halogens is 1. The van der Waals surface area contributed by atoms with E-state index >= 15 is 0 Å². The lowest BCUT2D eigenvalue weighted by Gasteiger charge is -2.07. The van der Waals surface area contributed by atoms with Gasteiger partial charge in [-0.1, -0.05) is 0 Å². The van der Waals surface area contributed by atoms with Gasteiger partial charge in [0.15, 0.2) is 0 Å². The molecule has 1 rings (SSSR count). The molecule has 1 N–H and O–H groups in total. The summed E-state index contributed by atoms with van der Waals surface area (Å²) in [6.07, 6.45) is 1.65. The Morgan fingerprint density at radius 2 is 2.57 bits per heavy atom. The molecule has 0 unspecified atom stereocenters. The van der Waals surface area contributed by atoms with E-state index in [2.05, 4.69) is 26.8 Å². The third-order valence-electron chi connectivity index (χ3n) is 0.566. The van der Waals surface area contributed by atoms with Gasteiger partial charge in [0, 0.05) is 7.05 Å². The maximum atomic E-state index is 3.76. The van der Waals surface area contributed by atoms with Gasteiger partial charge in [-0.05, 0) is 0 Å². The quantitative estimate of drug-likeness (QED) is 0.508. The van der Waals surface area contributed by atoms with Gasteiger partial charge in [0.1, 0.15) is 6.34 Å². The molecule has 7 heavy (non-hydrogen) atoms. The van der Waals surface area contributed by atoms with Crippen molar-refractivity contribution in [2.75, 3.05) is 7.05 Å². The second-order valence-electron chi connectivity index (χ2n) is 1.20. The third-order valence-corrected chi connectivity index (χ3v) is 0.908. The van der Waals surface area contributed by atoms with Crippen LogP contribution in [0.5, 0.6) is 0 Å². The molecule has 0 aromatic rings. The smallest absolute Gasteiger partial charge is 0.129 e. The van der Waals surface area contributed by atoms with E-state index in [0.29, 0.717) is 0 Å². The van der Waals surface area contributed by atoms with E-state index < -0.39 is 0 Å². The van der Waals surface area contributed by atoms with Crippen LogP contribution in [0.25, 0.3) is 0 Å². The molecule has 1 heterocycles. The molecular formula is C2H5BrN4. The van der Waals surface area contributed by atoms with Crippen LogP contribution in [-0.2, 0) is 0 Å². The summed E-state index contributed by atoms with van der Waals surface area (Å²) in [5, 5.41) is 5.47. The first-order valence-corrected chi connectivity index (χ1v) is 2.49. The first-order valence-electron chi connectivity index (χ1n) is 1.78. The molecule has 0 saturated heterocycles. The number of hydrazine groups is 2. The van der Waals surface area contributed by atoms with Gasteiger partial charge in [-0.3, -0.25) is 5.01 Å². The molecule has 1 aliphatic heterocycles. The van der Waals surface area contributed by atoms with Crippen molar-refractivity contribution in [1.29, 1.82) is 0 Å². The van der Waals surface area contributed by atoms with E-state index in [-0.39, 0.29) is 0 Å². The van der Waals surface area contributed by atoms with Gasteiger partial charge < -0.3 is 0 Å². The summed E-state index contributed by atoms with van der Waals surface area (Å²) in [7, 11) is 1.85. The van der Waals surface area contributed by atoms with Crippen LogP contribution < -0.4 is 5.53 Å². The average Bonchev–Trinajstić information content (AvgIpc) is 1.87. The highest BCUT2D eigenvalue weighted by atomic mass is 79.9. The molecule has 0 fully saturated rings. The van der Waals surface area contributed by atoms with Crippen LogP contribution >= 0.6 is 16.1 Å². The number of rotatable bonds is 0. The van der Waals surface area contributed by atoms with Gasteiger partial charge in [0.2, 0.25) is 0 Å². The minimum Gasteiger partial charge on any atom is -0.280 e. The minimum atomic E-state index is 1.44. The van der Waals surface area contributed by atoms with Crippen molar-refractivity contribution < 1.29 is 0 Å². The van der Waals surface area contributed by atoms with Crippen molar-refractivity contribution in [2.45, 2.75) is 0 Å². The summed E-state index contributed by atoms with van der Waals surface area (Å²) in [4.78, 5) is 0. The molecule has 0 aromatic carbocycles. The van der Waals surface area contributed by atoms with Crippen molar-refractivity contribution in [1.82, 2.24) is 14.7 Å². The van der Waals surface area contributed by atoms with Crippen LogP contribution in [0.2, 0.25) is 0 Å². The zero-order valence-corrected chi connectivity index (χ0v) is 5.38. The summed E-state index contributed by atoms with van der Waals surface area (Å²) in [5.41, 5.74) is 2.78. The molecule has 4 nitrogen and oxygen atoms in total. The zero-order valence-electron chi connectivity index (χ0n) is 3.80. The standard InChI is InChI=1S/C2H5BrN4/c1-6-2-4-7(3)5-6/h2,5H,1H3. The van der Waals surface area contributed by atoms with Gasteiger partial charge in [-0.15, -0.1) is 14.8 Å². The van der Waals surface area contributed by atoms with E-state index in [9.17, 15) is 0 Å². The molecule has 0 spiro atoms. The molecule has 5 heteroatoms. The molecule has 0 aromatic heterocycles. The molecule has 0 atom stereocenters. The van der Waals surface area contributed by atoms with Crippen LogP contribution in [0.1, 0.15) is 0 Å². The van der Waals surface area contributed by atoms with Crippen molar-refractivity contribution >= 4 is 22.5 Å². The lowest BCUT2D eigenvalue weighted by molar-refractivity contribution is 0.257. The lowest BCUT2D eigenvalue weighted by atomic mass is 11.1. The number of nitrogens with zero attached hydrogens (tertiary/aromatic N) is 3. The molecule has 0 amide bonds. The molecule has 40 valence electrons. The third kappa shape index (κ3) is 1.04. The van der Waals surface area contributed by atoms with Crippen LogP contribution in [-0.4, -0.2) is 22.5 Å². The lowest BCUT2D eigenvalue weighted by Crippen LogP contribution is -2.31. The Balaban J connectivity index is 2.42. The first kappa shape index (κ1) is 4.86. The Morgan fingerprint density at radius 3 is 2.71 bits per heavy atom. The van der Waals surface area contributed by atoms with Crippen LogP contribution in [0.3, 0.4) is 0 Å². The summed E-state index contributed by atoms with van der Waals surface area (Å²) in [6, 6.07) is 0. The highest BCUT2D eigenvalue weighted by Gasteiger charge is 2.01. The second-order valence-corrected chi connectivity index (χ2v) is 1.87. The summed E-state index contributed by atoms with van der Waals surface area (Å²) in [6.45, 7) is 0. The van der Waals surface area contributed by atoms with Gasteiger partial charge in [0.05, 0.1) is 16.1 Å². The minimum absolute atomic E-state index is 1.44. The Labute approximate surface area is 50.1 Å². The van der Waals surface area contributed by atoms with Gasteiger partial charge in [0.25, 0.3) is 0 Å². The van der Waals surface area contributed by atoms with Gasteiger partial charge >= 0.3 is 0 Å². The number of nitrogens with one attached hydrogen (secondary N) is 1. The molecule has 0 saturated carbocycles. The van der Waals surface area contributed by atoms with Crippen LogP contribution in [0.4, 0.5) is 0 Å². The van der Waals surface area contributed by atoms with E-state index in [1.165, 1.54) is 4.14 Å². The van der Waals surface area contributed by atoms with E-state index in [1.54, 1.807) is 11.3 Å². The van der Waals surface area contributed by atoms with Crippen molar-refractivity contribution in [3.8, 4) is 0 Å². The maximum Gasteiger partial charge on any atom is 0.129 e. The fraction of sp³-hybridized carbons (Fsp3) is 0.500. The largest absolute Gasteiger partial charge is 0.280 e. The Hall–Kier alpha value is -0.290. The van der Waals surface area contributed by atoms with Gasteiger partial charge in [-0.2, -0.15) is 0 Å². The Morgan fingerprint density at radius 1 is 1.86 bits per heavy atom. The number of hydrogen-bond acceptors (Lipinski definition) is 4. The highest BCUT2D eigenvalue weighted by molar-refractivity contribution is 9.07. The monoisotopic (exact) mass is 164 g/mol. The van der Waals surface area contributed by atoms with E-state index in [0.717, 1.165) is 0 Å². The normalized spacial score (nSPS) is 19.1. The van der Waals surface area contributed by atoms with Crippen molar-refractivity contribution in [3.05, 3.63) is 0 Å². The van der Waals surface area contributed by atoms with E-state index in [1.807, 2.05) is 7.05 Å². The number of hydrazone groups is 1. The van der Waals surface area contributed by atoms with Gasteiger partial charge in [-0.25, -0.2) is 0 Å². The number of hydrogen-bond donors (Lipinski definition) is 1. The Bertz CT molecular complexity index is 81.7. The van der Waals surface area contributed by atoms with Crippen LogP contribution in [0.15, 0.2) is 5.10 Å². The molecular weight excluding hydrogens is 160 g/mol. The fourth-order valence-electron chi connectivity index (χ4n) is 0.305. The predicted octanol–water partition coefficient (Wildman–Crippen LogP) is -0.0934. The zero-order chi connectivity index (χ0) is 5.28. The summed E-state index contributed by atoms with van der Waals surface area (Å²) in [5.74, 6) is 0. The predicted molar refractivity (Wildman–Crippen MR) is 30.2 cm³/mol. The second kappa shape index (κ2) is 1.67. The molecule has 0 radical (unpaired) electrons. The van der Waals surface area contributed by atoms with Crippen molar-refractivity contribution in [3.63, 3.8) is 0 Å². The van der Waals surface area contributed by atoms with Crippen LogP contribution in [0, 0.1) is 0 Å². The maximum absolute atomic E-state index is 3.76. The van der Waals surface area contributed by atoms with E-state index in [4.69, 9.17) is 0 Å². The molecule has 0 aliphatic carbocycles. The SMILES string of the molecule is CN1C=NN(Br)N1. The topological polar surface area (TPSA) is 30.9 Å². The molecule has 1 aliphatic rings. The summed E-state index contributed by atoms with van der Waals surface area (Å²) < 4.78 is 1.44. The average molecular weight is 165 g/mol. The summed E-state index contributed by atoms with van der Waals surface area (Å²) >= 11 is 3.06.